The average Bonchev–Trinajstić information content (AvgIpc) is 3.26. The molecular formula is C23H22BrNO7. The summed E-state index contributed by atoms with van der Waals surface area (Å²) in [5.74, 6) is -3.00. The van der Waals surface area contributed by atoms with E-state index in [0.29, 0.717) is 29.4 Å². The number of hydrogen-bond donors (Lipinski definition) is 0. The molecule has 1 aliphatic heterocycles. The fourth-order valence-corrected chi connectivity index (χ4v) is 4.56. The minimum Gasteiger partial charge on any atom is -0.460 e. The molecule has 0 saturated carbocycles. The molecule has 8 nitrogen and oxygen atoms in total. The molecule has 2 amide bonds. The van der Waals surface area contributed by atoms with E-state index in [2.05, 4.69) is 15.9 Å². The lowest BCUT2D eigenvalue weighted by molar-refractivity contribution is -0.159. The summed E-state index contributed by atoms with van der Waals surface area (Å²) in [7, 11) is 0. The van der Waals surface area contributed by atoms with Crippen molar-refractivity contribution in [3.8, 4) is 0 Å². The highest BCUT2D eigenvalue weighted by Crippen LogP contribution is 2.36. The Balaban J connectivity index is 1.54. The monoisotopic (exact) mass is 503 g/mol. The lowest BCUT2D eigenvalue weighted by Gasteiger charge is -2.21. The first-order valence-corrected chi connectivity index (χ1v) is 11.2. The van der Waals surface area contributed by atoms with Crippen LogP contribution in [0, 0.1) is 11.8 Å². The number of carbonyl (C=O) groups is 4. The van der Waals surface area contributed by atoms with E-state index in [9.17, 15) is 19.2 Å². The number of nitrogens with zero attached hydrogens (tertiary/aromatic N) is 1. The van der Waals surface area contributed by atoms with Crippen LogP contribution in [0.25, 0.3) is 11.0 Å². The second-order valence-corrected chi connectivity index (χ2v) is 8.67. The number of amides is 2. The van der Waals surface area contributed by atoms with E-state index < -0.39 is 29.8 Å². The molecule has 2 heterocycles. The number of benzene rings is 1. The van der Waals surface area contributed by atoms with Crippen molar-refractivity contribution in [3.63, 3.8) is 0 Å². The van der Waals surface area contributed by atoms with Gasteiger partial charge in [0.25, 0.3) is 0 Å². The summed E-state index contributed by atoms with van der Waals surface area (Å²) in [6.45, 7) is 3.03. The Labute approximate surface area is 192 Å². The van der Waals surface area contributed by atoms with E-state index in [-0.39, 0.29) is 30.8 Å². The quantitative estimate of drug-likeness (QED) is 0.335. The summed E-state index contributed by atoms with van der Waals surface area (Å²) in [6, 6.07) is 4.13. The number of fused-ring (bicyclic) bond motifs is 2. The van der Waals surface area contributed by atoms with Crippen molar-refractivity contribution in [3.05, 3.63) is 46.1 Å². The van der Waals surface area contributed by atoms with Crippen molar-refractivity contribution in [1.29, 1.82) is 0 Å². The van der Waals surface area contributed by atoms with Gasteiger partial charge in [-0.1, -0.05) is 28.1 Å². The molecule has 1 aromatic carbocycles. The maximum Gasteiger partial charge on any atom is 0.374 e. The second-order valence-electron chi connectivity index (χ2n) is 7.76. The van der Waals surface area contributed by atoms with Crippen LogP contribution in [0.3, 0.4) is 0 Å². The van der Waals surface area contributed by atoms with Crippen molar-refractivity contribution in [2.75, 3.05) is 6.61 Å². The molecule has 0 radical (unpaired) electrons. The molecule has 1 aliphatic carbocycles. The van der Waals surface area contributed by atoms with Crippen LogP contribution >= 0.6 is 15.9 Å². The highest BCUT2D eigenvalue weighted by molar-refractivity contribution is 9.10. The maximum absolute atomic E-state index is 12.8. The van der Waals surface area contributed by atoms with Gasteiger partial charge in [0, 0.05) is 9.86 Å². The van der Waals surface area contributed by atoms with Gasteiger partial charge in [-0.25, -0.2) is 9.59 Å². The molecule has 1 fully saturated rings. The first kappa shape index (κ1) is 22.3. The fourth-order valence-electron chi connectivity index (χ4n) is 4.20. The number of halogens is 1. The molecule has 0 spiro atoms. The number of ether oxygens (including phenoxy) is 2. The zero-order chi connectivity index (χ0) is 23.0. The van der Waals surface area contributed by atoms with Crippen LogP contribution in [-0.4, -0.2) is 41.3 Å². The van der Waals surface area contributed by atoms with Gasteiger partial charge in [0.05, 0.1) is 24.0 Å². The number of esters is 2. The number of allylic oxidation sites excluding steroid dienone is 2. The first-order valence-electron chi connectivity index (χ1n) is 10.4. The molecule has 9 heteroatoms. The Bertz CT molecular complexity index is 1110. The van der Waals surface area contributed by atoms with Gasteiger partial charge in [-0.05, 0) is 44.9 Å². The Morgan fingerprint density at radius 1 is 1.16 bits per heavy atom. The van der Waals surface area contributed by atoms with Crippen molar-refractivity contribution >= 4 is 50.7 Å². The minimum atomic E-state index is -1.07. The predicted octanol–water partition coefficient (Wildman–Crippen LogP) is 3.75. The number of likely N-dealkylation sites (tertiary alicyclic amines) is 1. The van der Waals surface area contributed by atoms with Gasteiger partial charge in [-0.15, -0.1) is 0 Å². The Morgan fingerprint density at radius 2 is 1.81 bits per heavy atom. The first-order chi connectivity index (χ1) is 15.3. The highest BCUT2D eigenvalue weighted by atomic mass is 79.9. The van der Waals surface area contributed by atoms with Crippen LogP contribution in [0.5, 0.6) is 0 Å². The van der Waals surface area contributed by atoms with Crippen molar-refractivity contribution in [2.24, 2.45) is 11.8 Å². The van der Waals surface area contributed by atoms with Crippen molar-refractivity contribution in [2.45, 2.75) is 39.3 Å². The van der Waals surface area contributed by atoms with Gasteiger partial charge < -0.3 is 13.9 Å². The van der Waals surface area contributed by atoms with Gasteiger partial charge >= 0.3 is 11.9 Å². The van der Waals surface area contributed by atoms with Gasteiger partial charge in [-0.3, -0.25) is 14.5 Å². The van der Waals surface area contributed by atoms with E-state index in [4.69, 9.17) is 13.9 Å². The molecule has 1 aromatic heterocycles. The van der Waals surface area contributed by atoms with Crippen LogP contribution in [0.1, 0.15) is 42.8 Å². The van der Waals surface area contributed by atoms with Crippen LogP contribution in [0.15, 0.2) is 39.2 Å². The number of imide groups is 1. The molecule has 1 saturated heterocycles. The van der Waals surface area contributed by atoms with Gasteiger partial charge in [0.15, 0.2) is 0 Å². The van der Waals surface area contributed by atoms with Crippen molar-refractivity contribution < 1.29 is 33.1 Å². The normalized spacial score (nSPS) is 21.0. The van der Waals surface area contributed by atoms with E-state index in [1.165, 1.54) is 6.92 Å². The third kappa shape index (κ3) is 3.85. The number of hydrogen-bond acceptors (Lipinski definition) is 7. The van der Waals surface area contributed by atoms with Crippen LogP contribution < -0.4 is 0 Å². The number of carbonyl (C=O) groups excluding carboxylic acids is 4. The molecule has 168 valence electrons. The molecular weight excluding hydrogens is 482 g/mol. The lowest BCUT2D eigenvalue weighted by atomic mass is 9.85. The SMILES string of the molecule is CCOC(=O)c1oc2ccc(Br)cc2c1COC(=O)[C@H](C)N1C(=O)[C@@H]2CC=CC[C@H]2C1=O. The number of furan rings is 1. The Kier molecular flexibility index (Phi) is 6.19. The molecule has 2 aliphatic rings. The third-order valence-corrected chi connectivity index (χ3v) is 6.34. The molecule has 3 atom stereocenters. The smallest absolute Gasteiger partial charge is 0.374 e. The molecule has 0 unspecified atom stereocenters. The van der Waals surface area contributed by atoms with E-state index in [1.54, 1.807) is 25.1 Å². The van der Waals surface area contributed by atoms with Gasteiger partial charge in [0.1, 0.15) is 18.2 Å². The fraction of sp³-hybridized carbons (Fsp3) is 0.391. The van der Waals surface area contributed by atoms with E-state index in [0.717, 1.165) is 9.37 Å². The zero-order valence-electron chi connectivity index (χ0n) is 17.6. The van der Waals surface area contributed by atoms with Crippen LogP contribution in [-0.2, 0) is 30.5 Å². The molecule has 32 heavy (non-hydrogen) atoms. The van der Waals surface area contributed by atoms with E-state index in [1.807, 2.05) is 12.2 Å². The highest BCUT2D eigenvalue weighted by Gasteiger charge is 2.50. The van der Waals surface area contributed by atoms with Crippen LogP contribution in [0.4, 0.5) is 0 Å². The zero-order valence-corrected chi connectivity index (χ0v) is 19.2. The average molecular weight is 504 g/mol. The summed E-state index contributed by atoms with van der Waals surface area (Å²) in [5.41, 5.74) is 0.800. The summed E-state index contributed by atoms with van der Waals surface area (Å²) in [6.07, 6.45) is 4.76. The third-order valence-electron chi connectivity index (χ3n) is 5.84. The van der Waals surface area contributed by atoms with Crippen molar-refractivity contribution in [1.82, 2.24) is 4.90 Å². The standard InChI is InChI=1S/C23H22BrNO7/c1-3-30-23(29)19-17(16-10-13(24)8-9-18(16)32-19)11-31-22(28)12(2)25-20(26)14-6-4-5-7-15(14)21(25)27/h4-5,8-10,12,14-15H,3,6-7,11H2,1-2H3/t12-,14+,15+/m0/s1. The lowest BCUT2D eigenvalue weighted by Crippen LogP contribution is -2.44. The molecule has 2 aromatic rings. The van der Waals surface area contributed by atoms with Crippen LogP contribution in [0.2, 0.25) is 0 Å². The van der Waals surface area contributed by atoms with Gasteiger partial charge in [-0.2, -0.15) is 0 Å². The summed E-state index contributed by atoms with van der Waals surface area (Å²) >= 11 is 3.38. The Hall–Kier alpha value is -2.94. The number of rotatable bonds is 6. The molecule has 0 N–H and O–H groups in total. The maximum atomic E-state index is 12.8. The largest absolute Gasteiger partial charge is 0.460 e. The molecule has 4 rings (SSSR count). The predicted molar refractivity (Wildman–Crippen MR) is 116 cm³/mol. The Morgan fingerprint density at radius 3 is 2.44 bits per heavy atom. The van der Waals surface area contributed by atoms with Gasteiger partial charge in [0.2, 0.25) is 17.6 Å². The summed E-state index contributed by atoms with van der Waals surface area (Å²) < 4.78 is 16.9. The second kappa shape index (κ2) is 8.90. The topological polar surface area (TPSA) is 103 Å². The minimum absolute atomic E-state index is 0.0502. The van der Waals surface area contributed by atoms with E-state index >= 15 is 0 Å². The summed E-state index contributed by atoms with van der Waals surface area (Å²) in [4.78, 5) is 51.7. The molecule has 0 bridgehead atoms. The summed E-state index contributed by atoms with van der Waals surface area (Å²) in [5, 5.41) is 0.591.